The largest absolute Gasteiger partial charge is 0.465 e. The fraction of sp³-hybridized carbons (Fsp3) is 0.375. The number of methoxy groups -OCH3 is 1. The Kier molecular flexibility index (Phi) is 5.74. The van der Waals surface area contributed by atoms with Gasteiger partial charge in [0, 0.05) is 6.54 Å². The van der Waals surface area contributed by atoms with Crippen molar-refractivity contribution in [2.24, 2.45) is 0 Å². The third-order valence-electron chi connectivity index (χ3n) is 3.75. The van der Waals surface area contributed by atoms with Crippen LogP contribution in [0.5, 0.6) is 0 Å². The van der Waals surface area contributed by atoms with Crippen LogP contribution in [0.4, 0.5) is 0 Å². The monoisotopic (exact) mass is 351 g/mol. The molecule has 0 aliphatic heterocycles. The quantitative estimate of drug-likeness (QED) is 0.741. The Bertz CT molecular complexity index is 800. The van der Waals surface area contributed by atoms with Gasteiger partial charge in [0.2, 0.25) is 5.03 Å². The first-order chi connectivity index (χ1) is 11.4. The molecule has 130 valence electrons. The van der Waals surface area contributed by atoms with E-state index in [1.165, 1.54) is 7.11 Å². The van der Waals surface area contributed by atoms with Gasteiger partial charge >= 0.3 is 5.97 Å². The second-order valence-electron chi connectivity index (χ2n) is 5.39. The maximum atomic E-state index is 12.5. The number of benzene rings is 1. The number of aromatic amines is 1. The number of aromatic nitrogens is 2. The van der Waals surface area contributed by atoms with Crippen LogP contribution in [-0.2, 0) is 21.2 Å². The van der Waals surface area contributed by atoms with Gasteiger partial charge in [0.15, 0.2) is 0 Å². The van der Waals surface area contributed by atoms with Gasteiger partial charge in [-0.1, -0.05) is 44.2 Å². The summed E-state index contributed by atoms with van der Waals surface area (Å²) in [5.74, 6) is -0.746. The summed E-state index contributed by atoms with van der Waals surface area (Å²) in [6.07, 6.45) is 0.438. The SMILES string of the molecule is CCc1[nH]nc(S(=O)(=O)NC[C@H](C)c2ccccc2)c1C(=O)OC. The van der Waals surface area contributed by atoms with Gasteiger partial charge in [-0.15, -0.1) is 0 Å². The number of hydrogen-bond donors (Lipinski definition) is 2. The molecule has 0 saturated heterocycles. The van der Waals surface area contributed by atoms with E-state index in [1.807, 2.05) is 37.3 Å². The molecule has 0 aliphatic rings. The molecule has 2 aromatic rings. The van der Waals surface area contributed by atoms with Crippen molar-refractivity contribution in [2.45, 2.75) is 31.2 Å². The number of rotatable bonds is 7. The van der Waals surface area contributed by atoms with Gasteiger partial charge in [-0.25, -0.2) is 17.9 Å². The molecule has 1 aromatic heterocycles. The zero-order valence-corrected chi connectivity index (χ0v) is 14.7. The zero-order chi connectivity index (χ0) is 17.7. The average molecular weight is 351 g/mol. The highest BCUT2D eigenvalue weighted by atomic mass is 32.2. The fourth-order valence-corrected chi connectivity index (χ4v) is 3.57. The minimum atomic E-state index is -3.93. The molecule has 2 rings (SSSR count). The second kappa shape index (κ2) is 7.59. The van der Waals surface area contributed by atoms with Crippen molar-refractivity contribution in [2.75, 3.05) is 13.7 Å². The molecule has 0 spiro atoms. The number of hydrogen-bond acceptors (Lipinski definition) is 5. The van der Waals surface area contributed by atoms with Crippen LogP contribution >= 0.6 is 0 Å². The van der Waals surface area contributed by atoms with Crippen LogP contribution in [-0.4, -0.2) is 38.2 Å². The predicted molar refractivity (Wildman–Crippen MR) is 89.4 cm³/mol. The average Bonchev–Trinajstić information content (AvgIpc) is 3.04. The Morgan fingerprint density at radius 2 is 2.00 bits per heavy atom. The van der Waals surface area contributed by atoms with Crippen LogP contribution < -0.4 is 4.72 Å². The lowest BCUT2D eigenvalue weighted by molar-refractivity contribution is 0.0595. The number of ether oxygens (including phenoxy) is 1. The summed E-state index contributed by atoms with van der Waals surface area (Å²) in [7, 11) is -2.73. The first kappa shape index (κ1) is 18.2. The summed E-state index contributed by atoms with van der Waals surface area (Å²) in [6, 6.07) is 9.57. The first-order valence-corrected chi connectivity index (χ1v) is 9.09. The minimum absolute atomic E-state index is 0.0212. The van der Waals surface area contributed by atoms with Crippen molar-refractivity contribution in [3.8, 4) is 0 Å². The van der Waals surface area contributed by atoms with Crippen molar-refractivity contribution in [3.63, 3.8) is 0 Å². The molecular formula is C16H21N3O4S. The Labute approximate surface area is 141 Å². The molecule has 0 unspecified atom stereocenters. The van der Waals surface area contributed by atoms with Crippen LogP contribution in [0, 0.1) is 0 Å². The van der Waals surface area contributed by atoms with Crippen LogP contribution in [0.1, 0.15) is 41.4 Å². The topological polar surface area (TPSA) is 101 Å². The molecule has 0 saturated carbocycles. The molecular weight excluding hydrogens is 330 g/mol. The standard InChI is InChI=1S/C16H21N3O4S/c1-4-13-14(16(20)23-3)15(19-18-13)24(21,22)17-10-11(2)12-8-6-5-7-9-12/h5-9,11,17H,4,10H2,1-3H3,(H,18,19)/t11-/m0/s1. The van der Waals surface area contributed by atoms with E-state index >= 15 is 0 Å². The normalized spacial score (nSPS) is 12.8. The van der Waals surface area contributed by atoms with E-state index in [0.717, 1.165) is 5.56 Å². The molecule has 1 atom stereocenters. The van der Waals surface area contributed by atoms with E-state index in [1.54, 1.807) is 6.92 Å². The number of carbonyl (C=O) groups is 1. The van der Waals surface area contributed by atoms with Crippen molar-refractivity contribution in [1.29, 1.82) is 0 Å². The van der Waals surface area contributed by atoms with Crippen LogP contribution in [0.15, 0.2) is 35.4 Å². The molecule has 24 heavy (non-hydrogen) atoms. The highest BCUT2D eigenvalue weighted by Gasteiger charge is 2.29. The number of nitrogens with one attached hydrogen (secondary N) is 2. The van der Waals surface area contributed by atoms with E-state index < -0.39 is 16.0 Å². The predicted octanol–water partition coefficient (Wildman–Crippen LogP) is 1.84. The third kappa shape index (κ3) is 3.82. The Morgan fingerprint density at radius 1 is 1.33 bits per heavy atom. The van der Waals surface area contributed by atoms with Crippen molar-refractivity contribution in [1.82, 2.24) is 14.9 Å². The van der Waals surface area contributed by atoms with E-state index in [2.05, 4.69) is 19.7 Å². The molecule has 0 amide bonds. The van der Waals surface area contributed by atoms with E-state index in [4.69, 9.17) is 0 Å². The van der Waals surface area contributed by atoms with Crippen molar-refractivity contribution < 1.29 is 17.9 Å². The van der Waals surface area contributed by atoms with Crippen LogP contribution in [0.25, 0.3) is 0 Å². The fourth-order valence-electron chi connectivity index (χ4n) is 2.32. The highest BCUT2D eigenvalue weighted by Crippen LogP contribution is 2.20. The highest BCUT2D eigenvalue weighted by molar-refractivity contribution is 7.89. The van der Waals surface area contributed by atoms with Gasteiger partial charge in [0.1, 0.15) is 5.56 Å². The third-order valence-corrected chi connectivity index (χ3v) is 5.11. The van der Waals surface area contributed by atoms with Crippen molar-refractivity contribution >= 4 is 16.0 Å². The summed E-state index contributed by atoms with van der Waals surface area (Å²) in [5.41, 5.74) is 1.41. The number of sulfonamides is 1. The number of aryl methyl sites for hydroxylation is 1. The Balaban J connectivity index is 2.22. The molecule has 7 nitrogen and oxygen atoms in total. The number of H-pyrrole nitrogens is 1. The molecule has 1 heterocycles. The second-order valence-corrected chi connectivity index (χ2v) is 7.07. The smallest absolute Gasteiger partial charge is 0.342 e. The van der Waals surface area contributed by atoms with Crippen molar-refractivity contribution in [3.05, 3.63) is 47.2 Å². The van der Waals surface area contributed by atoms with Crippen LogP contribution in [0.3, 0.4) is 0 Å². The van der Waals surface area contributed by atoms with Gasteiger partial charge in [-0.05, 0) is 17.9 Å². The van der Waals surface area contributed by atoms with Gasteiger partial charge in [-0.3, -0.25) is 5.10 Å². The lowest BCUT2D eigenvalue weighted by atomic mass is 10.0. The maximum Gasteiger partial charge on any atom is 0.342 e. The van der Waals surface area contributed by atoms with E-state index in [0.29, 0.717) is 12.1 Å². The minimum Gasteiger partial charge on any atom is -0.465 e. The molecule has 2 N–H and O–H groups in total. The summed E-state index contributed by atoms with van der Waals surface area (Å²) in [5, 5.41) is 6.07. The Hall–Kier alpha value is -2.19. The summed E-state index contributed by atoms with van der Waals surface area (Å²) in [6.45, 7) is 3.91. The Morgan fingerprint density at radius 3 is 2.58 bits per heavy atom. The van der Waals surface area contributed by atoms with E-state index in [9.17, 15) is 13.2 Å². The molecule has 1 aromatic carbocycles. The first-order valence-electron chi connectivity index (χ1n) is 7.60. The summed E-state index contributed by atoms with van der Waals surface area (Å²) in [4.78, 5) is 11.9. The maximum absolute atomic E-state index is 12.5. The van der Waals surface area contributed by atoms with Gasteiger partial charge in [-0.2, -0.15) is 5.10 Å². The zero-order valence-electron chi connectivity index (χ0n) is 13.9. The molecule has 0 aliphatic carbocycles. The van der Waals surface area contributed by atoms with Gasteiger partial charge < -0.3 is 4.74 Å². The summed E-state index contributed by atoms with van der Waals surface area (Å²) < 4.78 is 32.3. The lowest BCUT2D eigenvalue weighted by Crippen LogP contribution is -2.29. The van der Waals surface area contributed by atoms with Gasteiger partial charge in [0.05, 0.1) is 12.8 Å². The number of nitrogens with zero attached hydrogens (tertiary/aromatic N) is 1. The molecule has 8 heteroatoms. The number of esters is 1. The van der Waals surface area contributed by atoms with Crippen LogP contribution in [0.2, 0.25) is 0 Å². The lowest BCUT2D eigenvalue weighted by Gasteiger charge is -2.13. The van der Waals surface area contributed by atoms with Gasteiger partial charge in [0.25, 0.3) is 10.0 Å². The number of carbonyl (C=O) groups excluding carboxylic acids is 1. The summed E-state index contributed by atoms with van der Waals surface area (Å²) >= 11 is 0. The molecule has 0 bridgehead atoms. The molecule has 0 fully saturated rings. The van der Waals surface area contributed by atoms with E-state index in [-0.39, 0.29) is 23.1 Å². The molecule has 0 radical (unpaired) electrons.